The minimum atomic E-state index is 0.223. The monoisotopic (exact) mass is 144 g/mol. The van der Waals surface area contributed by atoms with Gasteiger partial charge in [0.25, 0.3) is 0 Å². The first kappa shape index (κ1) is 8.38. The normalized spacial score (nSPS) is 12.8. The van der Waals surface area contributed by atoms with Gasteiger partial charge in [0.2, 0.25) is 0 Å². The van der Waals surface area contributed by atoms with Crippen molar-refractivity contribution in [1.29, 1.82) is 0 Å². The number of benzene rings is 1. The van der Waals surface area contributed by atoms with E-state index in [1.165, 1.54) is 5.56 Å². The van der Waals surface area contributed by atoms with Gasteiger partial charge in [0, 0.05) is 0 Å². The molecule has 0 saturated carbocycles. The van der Waals surface area contributed by atoms with Gasteiger partial charge in [-0.2, -0.15) is 0 Å². The average Bonchev–Trinajstić information content (AvgIpc) is 2.07. The SMILES string of the molecule is [B][C@@H](CCC)c1ccccc1. The van der Waals surface area contributed by atoms with Gasteiger partial charge in [-0.15, -0.1) is 0 Å². The van der Waals surface area contributed by atoms with Crippen LogP contribution in [0.4, 0.5) is 0 Å². The lowest BCUT2D eigenvalue weighted by Crippen LogP contribution is -1.96. The molecule has 11 heavy (non-hydrogen) atoms. The second-order valence-electron chi connectivity index (χ2n) is 2.81. The molecule has 0 bridgehead atoms. The van der Waals surface area contributed by atoms with E-state index in [2.05, 4.69) is 19.1 Å². The summed E-state index contributed by atoms with van der Waals surface area (Å²) in [6.45, 7) is 2.16. The fraction of sp³-hybridized carbons (Fsp3) is 0.400. The zero-order valence-electron chi connectivity index (χ0n) is 6.96. The van der Waals surface area contributed by atoms with Crippen LogP contribution in [0.25, 0.3) is 0 Å². The number of hydrogen-bond donors (Lipinski definition) is 0. The lowest BCUT2D eigenvalue weighted by Gasteiger charge is -2.09. The predicted molar refractivity (Wildman–Crippen MR) is 49.8 cm³/mol. The van der Waals surface area contributed by atoms with Crippen LogP contribution in [0, 0.1) is 0 Å². The summed E-state index contributed by atoms with van der Waals surface area (Å²) in [5, 5.41) is 0. The van der Waals surface area contributed by atoms with Crippen LogP contribution in [0.15, 0.2) is 30.3 Å². The zero-order valence-corrected chi connectivity index (χ0v) is 6.96. The molecule has 0 spiro atoms. The molecule has 0 aliphatic heterocycles. The van der Waals surface area contributed by atoms with Crippen molar-refractivity contribution in [3.8, 4) is 0 Å². The summed E-state index contributed by atoms with van der Waals surface area (Å²) in [6, 6.07) is 10.2. The lowest BCUT2D eigenvalue weighted by molar-refractivity contribution is 0.769. The molecular formula is C10H13B. The third kappa shape index (κ3) is 2.41. The molecule has 0 aliphatic carbocycles. The van der Waals surface area contributed by atoms with Gasteiger partial charge >= 0.3 is 0 Å². The van der Waals surface area contributed by atoms with Crippen LogP contribution in [0.5, 0.6) is 0 Å². The van der Waals surface area contributed by atoms with Crippen LogP contribution in [-0.2, 0) is 0 Å². The maximum atomic E-state index is 5.91. The molecule has 1 atom stereocenters. The van der Waals surface area contributed by atoms with Crippen LogP contribution in [0.1, 0.15) is 31.1 Å². The first-order valence-electron chi connectivity index (χ1n) is 4.15. The Bertz CT molecular complexity index is 193. The van der Waals surface area contributed by atoms with Crippen molar-refractivity contribution in [2.24, 2.45) is 0 Å². The van der Waals surface area contributed by atoms with Gasteiger partial charge in [0.05, 0.1) is 7.85 Å². The Morgan fingerprint density at radius 1 is 1.27 bits per heavy atom. The van der Waals surface area contributed by atoms with E-state index in [-0.39, 0.29) is 5.82 Å². The van der Waals surface area contributed by atoms with E-state index in [0.29, 0.717) is 0 Å². The Morgan fingerprint density at radius 2 is 1.91 bits per heavy atom. The van der Waals surface area contributed by atoms with Gasteiger partial charge < -0.3 is 0 Å². The minimum absolute atomic E-state index is 0.223. The average molecular weight is 144 g/mol. The van der Waals surface area contributed by atoms with Crippen molar-refractivity contribution >= 4 is 7.85 Å². The van der Waals surface area contributed by atoms with Gasteiger partial charge in [-0.25, -0.2) is 0 Å². The van der Waals surface area contributed by atoms with Gasteiger partial charge in [0.1, 0.15) is 0 Å². The second-order valence-corrected chi connectivity index (χ2v) is 2.81. The van der Waals surface area contributed by atoms with Crippen LogP contribution in [0.3, 0.4) is 0 Å². The molecule has 1 rings (SSSR count). The van der Waals surface area contributed by atoms with Crippen LogP contribution >= 0.6 is 0 Å². The quantitative estimate of drug-likeness (QED) is 0.572. The Balaban J connectivity index is 2.61. The van der Waals surface area contributed by atoms with Gasteiger partial charge in [-0.1, -0.05) is 61.5 Å². The molecule has 1 heteroatoms. The smallest absolute Gasteiger partial charge is 0.0654 e. The van der Waals surface area contributed by atoms with Crippen molar-refractivity contribution in [1.82, 2.24) is 0 Å². The standard InChI is InChI=1S/C10H13B/c1-2-6-10(11)9-7-4-3-5-8-9/h3-5,7-8,10H,2,6H2,1H3/t10-/m0/s1. The molecule has 1 aromatic rings. The molecule has 0 nitrogen and oxygen atoms in total. The van der Waals surface area contributed by atoms with E-state index in [4.69, 9.17) is 7.85 Å². The van der Waals surface area contributed by atoms with E-state index in [0.717, 1.165) is 12.8 Å². The van der Waals surface area contributed by atoms with Crippen LogP contribution in [0.2, 0.25) is 0 Å². The highest BCUT2D eigenvalue weighted by Gasteiger charge is 2.00. The molecule has 0 aliphatic rings. The van der Waals surface area contributed by atoms with Crippen molar-refractivity contribution in [3.05, 3.63) is 35.9 Å². The number of hydrogen-bond acceptors (Lipinski definition) is 0. The highest BCUT2D eigenvalue weighted by Crippen LogP contribution is 2.16. The summed E-state index contributed by atoms with van der Waals surface area (Å²) >= 11 is 0. The van der Waals surface area contributed by atoms with Crippen molar-refractivity contribution in [2.75, 3.05) is 0 Å². The molecule has 2 radical (unpaired) electrons. The molecular weight excluding hydrogens is 131 g/mol. The highest BCUT2D eigenvalue weighted by molar-refractivity contribution is 6.12. The lowest BCUT2D eigenvalue weighted by atomic mass is 9.78. The van der Waals surface area contributed by atoms with Gasteiger partial charge in [-0.05, 0) is 0 Å². The largest absolute Gasteiger partial charge is 0.0763 e. The first-order chi connectivity index (χ1) is 5.34. The highest BCUT2D eigenvalue weighted by atomic mass is 14.0. The summed E-state index contributed by atoms with van der Waals surface area (Å²) < 4.78 is 0. The second kappa shape index (κ2) is 4.22. The molecule has 0 heterocycles. The van der Waals surface area contributed by atoms with Crippen LogP contribution in [-0.4, -0.2) is 7.85 Å². The van der Waals surface area contributed by atoms with E-state index in [1.807, 2.05) is 18.2 Å². The Labute approximate surface area is 70.0 Å². The summed E-state index contributed by atoms with van der Waals surface area (Å²) in [6.07, 6.45) is 2.22. The fourth-order valence-electron chi connectivity index (χ4n) is 1.18. The molecule has 1 aromatic carbocycles. The maximum absolute atomic E-state index is 5.91. The fourth-order valence-corrected chi connectivity index (χ4v) is 1.18. The Hall–Kier alpha value is -0.715. The maximum Gasteiger partial charge on any atom is 0.0763 e. The van der Waals surface area contributed by atoms with Gasteiger partial charge in [-0.3, -0.25) is 0 Å². The molecule has 0 unspecified atom stereocenters. The molecule has 56 valence electrons. The summed E-state index contributed by atoms with van der Waals surface area (Å²) in [5.74, 6) is 0.223. The topological polar surface area (TPSA) is 0 Å². The predicted octanol–water partition coefficient (Wildman–Crippen LogP) is 2.70. The zero-order chi connectivity index (χ0) is 8.10. The molecule has 0 N–H and O–H groups in total. The third-order valence-corrected chi connectivity index (χ3v) is 1.83. The molecule has 0 aromatic heterocycles. The van der Waals surface area contributed by atoms with E-state index in [1.54, 1.807) is 0 Å². The molecule has 0 saturated heterocycles. The van der Waals surface area contributed by atoms with E-state index >= 15 is 0 Å². The summed E-state index contributed by atoms with van der Waals surface area (Å²) in [5.41, 5.74) is 1.24. The molecule has 0 fully saturated rings. The van der Waals surface area contributed by atoms with E-state index in [9.17, 15) is 0 Å². The molecule has 0 amide bonds. The Kier molecular flexibility index (Phi) is 3.22. The van der Waals surface area contributed by atoms with Crippen LogP contribution < -0.4 is 0 Å². The van der Waals surface area contributed by atoms with Gasteiger partial charge in [0.15, 0.2) is 0 Å². The summed E-state index contributed by atoms with van der Waals surface area (Å²) in [7, 11) is 5.91. The number of rotatable bonds is 3. The Morgan fingerprint density at radius 3 is 2.45 bits per heavy atom. The van der Waals surface area contributed by atoms with Crippen molar-refractivity contribution in [2.45, 2.75) is 25.6 Å². The van der Waals surface area contributed by atoms with E-state index < -0.39 is 0 Å². The minimum Gasteiger partial charge on any atom is -0.0654 e. The summed E-state index contributed by atoms with van der Waals surface area (Å²) in [4.78, 5) is 0. The van der Waals surface area contributed by atoms with Crippen molar-refractivity contribution < 1.29 is 0 Å². The first-order valence-corrected chi connectivity index (χ1v) is 4.15. The third-order valence-electron chi connectivity index (χ3n) is 1.83. The van der Waals surface area contributed by atoms with Crippen molar-refractivity contribution in [3.63, 3.8) is 0 Å².